The first kappa shape index (κ1) is 9.07. The van der Waals surface area contributed by atoms with E-state index in [1.165, 1.54) is 0 Å². The Morgan fingerprint density at radius 2 is 1.80 bits per heavy atom. The second-order valence-electron chi connectivity index (χ2n) is 3.74. The molecule has 0 bridgehead atoms. The molecular weight excluding hydrogens is 210 g/mol. The number of hydrogen-bond donors (Lipinski definition) is 1. The maximum absolute atomic E-state index is 6.11. The lowest BCUT2D eigenvalue weighted by atomic mass is 10.00. The fourth-order valence-electron chi connectivity index (χ4n) is 1.73. The quantitative estimate of drug-likeness (QED) is 0.797. The average molecular weight is 220 g/mol. The minimum atomic E-state index is 0.426. The van der Waals surface area contributed by atoms with Crippen molar-refractivity contribution in [3.05, 3.63) is 35.1 Å². The highest BCUT2D eigenvalue weighted by Crippen LogP contribution is 2.26. The van der Waals surface area contributed by atoms with Gasteiger partial charge in [0.25, 0.3) is 0 Å². The molecule has 1 aromatic heterocycles. The minimum absolute atomic E-state index is 0.426. The van der Waals surface area contributed by atoms with E-state index in [-0.39, 0.29) is 0 Å². The van der Waals surface area contributed by atoms with Crippen LogP contribution in [0.5, 0.6) is 0 Å². The Morgan fingerprint density at radius 1 is 1.13 bits per heavy atom. The average Bonchev–Trinajstić information content (AvgIpc) is 2.16. The van der Waals surface area contributed by atoms with E-state index in [2.05, 4.69) is 15.3 Å². The number of fused-ring (bicyclic) bond motifs is 1. The number of nitrogens with one attached hydrogen (secondary N) is 1. The van der Waals surface area contributed by atoms with Crippen LogP contribution in [0.3, 0.4) is 0 Å². The van der Waals surface area contributed by atoms with Gasteiger partial charge in [-0.25, -0.2) is 9.97 Å². The van der Waals surface area contributed by atoms with Crippen LogP contribution in [0.1, 0.15) is 11.6 Å². The summed E-state index contributed by atoms with van der Waals surface area (Å²) >= 11 is 6.11. The van der Waals surface area contributed by atoms with Crippen LogP contribution >= 0.6 is 11.6 Å². The molecule has 1 aromatic carbocycles. The van der Waals surface area contributed by atoms with Crippen LogP contribution in [0.15, 0.2) is 24.3 Å². The summed E-state index contributed by atoms with van der Waals surface area (Å²) < 4.78 is 0. The summed E-state index contributed by atoms with van der Waals surface area (Å²) in [5, 5.41) is 3.75. The zero-order valence-corrected chi connectivity index (χ0v) is 8.83. The van der Waals surface area contributed by atoms with Gasteiger partial charge in [-0.05, 0) is 12.1 Å². The molecule has 1 saturated heterocycles. The van der Waals surface area contributed by atoms with E-state index in [0.717, 1.165) is 29.8 Å². The first-order valence-electron chi connectivity index (χ1n) is 4.97. The van der Waals surface area contributed by atoms with Gasteiger partial charge in [0, 0.05) is 19.0 Å². The number of halogens is 1. The molecule has 0 aliphatic carbocycles. The van der Waals surface area contributed by atoms with Gasteiger partial charge >= 0.3 is 0 Å². The predicted octanol–water partition coefficient (Wildman–Crippen LogP) is 1.97. The van der Waals surface area contributed by atoms with Crippen molar-refractivity contribution in [1.29, 1.82) is 0 Å². The summed E-state index contributed by atoms with van der Waals surface area (Å²) in [5.74, 6) is 0.426. The van der Waals surface area contributed by atoms with Crippen molar-refractivity contribution in [1.82, 2.24) is 15.3 Å². The SMILES string of the molecule is Clc1nc2ccccc2nc1C1CNC1. The van der Waals surface area contributed by atoms with Crippen molar-refractivity contribution in [3.63, 3.8) is 0 Å². The molecule has 0 saturated carbocycles. The summed E-state index contributed by atoms with van der Waals surface area (Å²) in [5.41, 5.74) is 2.71. The second-order valence-corrected chi connectivity index (χ2v) is 4.10. The number of aromatic nitrogens is 2. The zero-order chi connectivity index (χ0) is 10.3. The highest BCUT2D eigenvalue weighted by molar-refractivity contribution is 6.30. The molecule has 0 spiro atoms. The van der Waals surface area contributed by atoms with Gasteiger partial charge in [-0.1, -0.05) is 23.7 Å². The van der Waals surface area contributed by atoms with Crippen molar-refractivity contribution in [2.45, 2.75) is 5.92 Å². The molecule has 76 valence electrons. The Kier molecular flexibility index (Phi) is 2.08. The molecule has 0 radical (unpaired) electrons. The first-order chi connectivity index (χ1) is 7.34. The number of para-hydroxylation sites is 2. The van der Waals surface area contributed by atoms with Gasteiger partial charge in [0.05, 0.1) is 16.7 Å². The maximum atomic E-state index is 6.11. The number of benzene rings is 1. The number of hydrogen-bond acceptors (Lipinski definition) is 3. The Bertz CT molecular complexity index is 508. The van der Waals surface area contributed by atoms with Crippen LogP contribution in [-0.2, 0) is 0 Å². The van der Waals surface area contributed by atoms with Crippen LogP contribution in [0.2, 0.25) is 5.15 Å². The van der Waals surface area contributed by atoms with Gasteiger partial charge in [0.2, 0.25) is 0 Å². The monoisotopic (exact) mass is 219 g/mol. The predicted molar refractivity (Wildman–Crippen MR) is 60.2 cm³/mol. The highest BCUT2D eigenvalue weighted by Gasteiger charge is 2.23. The molecule has 2 heterocycles. The molecule has 4 heteroatoms. The molecule has 0 atom stereocenters. The molecule has 2 aromatic rings. The van der Waals surface area contributed by atoms with E-state index < -0.39 is 0 Å². The van der Waals surface area contributed by atoms with E-state index in [0.29, 0.717) is 11.1 Å². The number of rotatable bonds is 1. The summed E-state index contributed by atoms with van der Waals surface area (Å²) in [6.07, 6.45) is 0. The van der Waals surface area contributed by atoms with Crippen molar-refractivity contribution < 1.29 is 0 Å². The first-order valence-corrected chi connectivity index (χ1v) is 5.35. The van der Waals surface area contributed by atoms with E-state index in [1.807, 2.05) is 24.3 Å². The van der Waals surface area contributed by atoms with Gasteiger partial charge < -0.3 is 5.32 Å². The van der Waals surface area contributed by atoms with Gasteiger partial charge in [-0.2, -0.15) is 0 Å². The van der Waals surface area contributed by atoms with Gasteiger partial charge in [0.15, 0.2) is 5.15 Å². The van der Waals surface area contributed by atoms with Gasteiger partial charge in [0.1, 0.15) is 0 Å². The van der Waals surface area contributed by atoms with Crippen molar-refractivity contribution in [2.75, 3.05) is 13.1 Å². The molecule has 1 fully saturated rings. The highest BCUT2D eigenvalue weighted by atomic mass is 35.5. The summed E-state index contributed by atoms with van der Waals surface area (Å²) in [6.45, 7) is 1.90. The Labute approximate surface area is 92.5 Å². The molecule has 0 unspecified atom stereocenters. The lowest BCUT2D eigenvalue weighted by molar-refractivity contribution is 0.440. The molecule has 0 amide bonds. The standard InChI is InChI=1S/C11H10ClN3/c12-11-10(7-5-13-6-7)14-8-3-1-2-4-9(8)15-11/h1-4,7,13H,5-6H2. The van der Waals surface area contributed by atoms with Crippen molar-refractivity contribution in [2.24, 2.45) is 0 Å². The summed E-state index contributed by atoms with van der Waals surface area (Å²) in [7, 11) is 0. The van der Waals surface area contributed by atoms with Crippen LogP contribution in [0.4, 0.5) is 0 Å². The lowest BCUT2D eigenvalue weighted by Gasteiger charge is -2.26. The van der Waals surface area contributed by atoms with E-state index >= 15 is 0 Å². The minimum Gasteiger partial charge on any atom is -0.315 e. The third kappa shape index (κ3) is 1.48. The van der Waals surface area contributed by atoms with Crippen molar-refractivity contribution in [3.8, 4) is 0 Å². The fourth-order valence-corrected chi connectivity index (χ4v) is 2.02. The molecule has 1 aliphatic heterocycles. The van der Waals surface area contributed by atoms with E-state index in [9.17, 15) is 0 Å². The zero-order valence-electron chi connectivity index (χ0n) is 8.07. The third-order valence-corrected chi connectivity index (χ3v) is 3.00. The number of nitrogens with zero attached hydrogens (tertiary/aromatic N) is 2. The van der Waals surface area contributed by atoms with Crippen molar-refractivity contribution >= 4 is 22.6 Å². The molecule has 3 nitrogen and oxygen atoms in total. The topological polar surface area (TPSA) is 37.8 Å². The van der Waals surface area contributed by atoms with Crippen LogP contribution < -0.4 is 5.32 Å². The normalized spacial score (nSPS) is 16.6. The van der Waals surface area contributed by atoms with Crippen LogP contribution in [0.25, 0.3) is 11.0 Å². The van der Waals surface area contributed by atoms with Crippen LogP contribution in [-0.4, -0.2) is 23.1 Å². The van der Waals surface area contributed by atoms with E-state index in [1.54, 1.807) is 0 Å². The third-order valence-electron chi connectivity index (χ3n) is 2.72. The fraction of sp³-hybridized carbons (Fsp3) is 0.273. The second kappa shape index (κ2) is 3.43. The summed E-state index contributed by atoms with van der Waals surface area (Å²) in [4.78, 5) is 8.92. The largest absolute Gasteiger partial charge is 0.315 e. The molecular formula is C11H10ClN3. The Hall–Kier alpha value is -1.19. The molecule has 1 N–H and O–H groups in total. The van der Waals surface area contributed by atoms with Crippen LogP contribution in [0, 0.1) is 0 Å². The van der Waals surface area contributed by atoms with Gasteiger partial charge in [-0.15, -0.1) is 0 Å². The Balaban J connectivity index is 2.17. The lowest BCUT2D eigenvalue weighted by Crippen LogP contribution is -2.40. The van der Waals surface area contributed by atoms with Gasteiger partial charge in [-0.3, -0.25) is 0 Å². The molecule has 3 rings (SSSR count). The molecule has 15 heavy (non-hydrogen) atoms. The smallest absolute Gasteiger partial charge is 0.151 e. The maximum Gasteiger partial charge on any atom is 0.151 e. The summed E-state index contributed by atoms with van der Waals surface area (Å²) in [6, 6.07) is 7.80. The Morgan fingerprint density at radius 3 is 2.40 bits per heavy atom. The molecule has 1 aliphatic rings. The van der Waals surface area contributed by atoms with E-state index in [4.69, 9.17) is 11.6 Å².